The van der Waals surface area contributed by atoms with Crippen LogP contribution in [0.4, 0.5) is 0 Å². The summed E-state index contributed by atoms with van der Waals surface area (Å²) in [6.07, 6.45) is 2.20. The van der Waals surface area contributed by atoms with Gasteiger partial charge in [0.15, 0.2) is 0 Å². The van der Waals surface area contributed by atoms with Gasteiger partial charge in [0, 0.05) is 19.4 Å². The van der Waals surface area contributed by atoms with Crippen molar-refractivity contribution in [1.29, 1.82) is 0 Å². The van der Waals surface area contributed by atoms with E-state index in [0.29, 0.717) is 6.42 Å². The molecule has 1 N–H and O–H groups in total. The van der Waals surface area contributed by atoms with E-state index >= 15 is 0 Å². The molecule has 1 atom stereocenters. The Morgan fingerprint density at radius 1 is 1.33 bits per heavy atom. The Morgan fingerprint density at radius 3 is 2.39 bits per heavy atom. The third-order valence-electron chi connectivity index (χ3n) is 3.20. The van der Waals surface area contributed by atoms with Gasteiger partial charge in [0.1, 0.15) is 6.04 Å². The molecule has 4 heteroatoms. The number of hydrogen-bond acceptors (Lipinski definition) is 2. The molecule has 0 spiro atoms. The molecule has 2 rings (SSSR count). The maximum atomic E-state index is 11.6. The van der Waals surface area contributed by atoms with Gasteiger partial charge in [-0.25, -0.2) is 4.79 Å². The fourth-order valence-corrected chi connectivity index (χ4v) is 2.23. The normalized spacial score (nSPS) is 16.1. The molecular formula is C14H17NO3. The summed E-state index contributed by atoms with van der Waals surface area (Å²) < 4.78 is 0. The highest BCUT2D eigenvalue weighted by Gasteiger charge is 2.38. The zero-order valence-electron chi connectivity index (χ0n) is 10.4. The molecule has 0 radical (unpaired) electrons. The Bertz CT molecular complexity index is 440. The third-order valence-corrected chi connectivity index (χ3v) is 3.20. The van der Waals surface area contributed by atoms with Crippen LogP contribution in [0.2, 0.25) is 0 Å². The SMILES string of the molecule is CC(=O)N(C1CC1)C(Cc1ccccc1)C(=O)O. The lowest BCUT2D eigenvalue weighted by Crippen LogP contribution is -2.46. The third kappa shape index (κ3) is 2.88. The lowest BCUT2D eigenvalue weighted by Gasteiger charge is -2.28. The van der Waals surface area contributed by atoms with E-state index in [1.165, 1.54) is 11.8 Å². The predicted molar refractivity (Wildman–Crippen MR) is 67.1 cm³/mol. The van der Waals surface area contributed by atoms with Gasteiger partial charge in [0.2, 0.25) is 5.91 Å². The molecule has 1 aromatic carbocycles. The fourth-order valence-electron chi connectivity index (χ4n) is 2.23. The first-order chi connectivity index (χ1) is 8.59. The van der Waals surface area contributed by atoms with Gasteiger partial charge in [-0.2, -0.15) is 0 Å². The summed E-state index contributed by atoms with van der Waals surface area (Å²) in [6, 6.07) is 8.79. The highest BCUT2D eigenvalue weighted by atomic mass is 16.4. The van der Waals surface area contributed by atoms with E-state index < -0.39 is 12.0 Å². The lowest BCUT2D eigenvalue weighted by molar-refractivity contribution is -0.150. The van der Waals surface area contributed by atoms with Crippen LogP contribution in [0, 0.1) is 0 Å². The highest BCUT2D eigenvalue weighted by molar-refractivity contribution is 5.83. The topological polar surface area (TPSA) is 57.6 Å². The van der Waals surface area contributed by atoms with Crippen molar-refractivity contribution in [2.75, 3.05) is 0 Å². The van der Waals surface area contributed by atoms with Crippen LogP contribution in [0.3, 0.4) is 0 Å². The first-order valence-corrected chi connectivity index (χ1v) is 6.15. The molecule has 1 aliphatic rings. The van der Waals surface area contributed by atoms with Gasteiger partial charge in [-0.05, 0) is 18.4 Å². The van der Waals surface area contributed by atoms with E-state index in [4.69, 9.17) is 0 Å². The maximum Gasteiger partial charge on any atom is 0.326 e. The summed E-state index contributed by atoms with van der Waals surface area (Å²) in [4.78, 5) is 24.5. The molecule has 1 fully saturated rings. The van der Waals surface area contributed by atoms with E-state index in [9.17, 15) is 14.7 Å². The standard InChI is InChI=1S/C14H17NO3/c1-10(16)15(12-7-8-12)13(14(17)18)9-11-5-3-2-4-6-11/h2-6,12-13H,7-9H2,1H3,(H,17,18). The van der Waals surface area contributed by atoms with Gasteiger partial charge in [0.25, 0.3) is 0 Å². The lowest BCUT2D eigenvalue weighted by atomic mass is 10.0. The molecule has 0 aliphatic heterocycles. The smallest absolute Gasteiger partial charge is 0.326 e. The molecule has 1 amide bonds. The summed E-state index contributed by atoms with van der Waals surface area (Å²) in [5.74, 6) is -1.08. The second-order valence-corrected chi connectivity index (χ2v) is 4.70. The van der Waals surface area contributed by atoms with E-state index in [1.54, 1.807) is 0 Å². The number of nitrogens with zero attached hydrogens (tertiary/aromatic N) is 1. The number of hydrogen-bond donors (Lipinski definition) is 1. The Morgan fingerprint density at radius 2 is 1.94 bits per heavy atom. The Balaban J connectivity index is 2.17. The summed E-state index contributed by atoms with van der Waals surface area (Å²) >= 11 is 0. The van der Waals surface area contributed by atoms with Crippen molar-refractivity contribution >= 4 is 11.9 Å². The average Bonchev–Trinajstić information content (AvgIpc) is 3.13. The summed E-state index contributed by atoms with van der Waals surface area (Å²) in [5.41, 5.74) is 0.941. The van der Waals surface area contributed by atoms with Crippen LogP contribution in [0.25, 0.3) is 0 Å². The second kappa shape index (κ2) is 5.21. The van der Waals surface area contributed by atoms with Crippen LogP contribution >= 0.6 is 0 Å². The quantitative estimate of drug-likeness (QED) is 0.861. The molecule has 4 nitrogen and oxygen atoms in total. The molecule has 1 unspecified atom stereocenters. The van der Waals surface area contributed by atoms with Crippen molar-refractivity contribution in [1.82, 2.24) is 4.90 Å². The molecule has 1 saturated carbocycles. The molecule has 1 aromatic rings. The van der Waals surface area contributed by atoms with Crippen molar-refractivity contribution in [3.63, 3.8) is 0 Å². The number of benzene rings is 1. The number of carbonyl (C=O) groups excluding carboxylic acids is 1. The maximum absolute atomic E-state index is 11.6. The van der Waals surface area contributed by atoms with Gasteiger partial charge in [-0.15, -0.1) is 0 Å². The summed E-state index contributed by atoms with van der Waals surface area (Å²) in [7, 11) is 0. The molecule has 0 heterocycles. The molecule has 96 valence electrons. The van der Waals surface area contributed by atoms with Crippen LogP contribution < -0.4 is 0 Å². The molecule has 0 aromatic heterocycles. The van der Waals surface area contributed by atoms with Crippen LogP contribution in [0.1, 0.15) is 25.3 Å². The zero-order chi connectivity index (χ0) is 13.1. The molecule has 0 saturated heterocycles. The predicted octanol–water partition coefficient (Wildman–Crippen LogP) is 1.69. The minimum absolute atomic E-state index is 0.118. The van der Waals surface area contributed by atoms with Crippen molar-refractivity contribution in [2.24, 2.45) is 0 Å². The van der Waals surface area contributed by atoms with E-state index in [0.717, 1.165) is 18.4 Å². The highest BCUT2D eigenvalue weighted by Crippen LogP contribution is 2.29. The monoisotopic (exact) mass is 247 g/mol. The molecule has 0 bridgehead atoms. The number of amides is 1. The number of rotatable bonds is 5. The number of aliphatic carboxylic acids is 1. The van der Waals surface area contributed by atoms with E-state index in [1.807, 2.05) is 30.3 Å². The van der Waals surface area contributed by atoms with E-state index in [2.05, 4.69) is 0 Å². The molecule has 18 heavy (non-hydrogen) atoms. The Labute approximate surface area is 106 Å². The summed E-state index contributed by atoms with van der Waals surface area (Å²) in [6.45, 7) is 1.44. The van der Waals surface area contributed by atoms with Crippen molar-refractivity contribution in [2.45, 2.75) is 38.3 Å². The van der Waals surface area contributed by atoms with Gasteiger partial charge in [0.05, 0.1) is 0 Å². The number of carbonyl (C=O) groups is 2. The van der Waals surface area contributed by atoms with Gasteiger partial charge < -0.3 is 10.0 Å². The first kappa shape index (κ1) is 12.6. The Hall–Kier alpha value is -1.84. The minimum Gasteiger partial charge on any atom is -0.480 e. The van der Waals surface area contributed by atoms with Crippen LogP contribution in [0.15, 0.2) is 30.3 Å². The van der Waals surface area contributed by atoms with Crippen LogP contribution in [-0.4, -0.2) is 34.0 Å². The number of carboxylic acid groups (broad SMARTS) is 1. The van der Waals surface area contributed by atoms with E-state index in [-0.39, 0.29) is 11.9 Å². The van der Waals surface area contributed by atoms with Crippen molar-refractivity contribution < 1.29 is 14.7 Å². The van der Waals surface area contributed by atoms with Crippen LogP contribution in [0.5, 0.6) is 0 Å². The number of carboxylic acids is 1. The van der Waals surface area contributed by atoms with Crippen molar-refractivity contribution in [3.05, 3.63) is 35.9 Å². The largest absolute Gasteiger partial charge is 0.480 e. The minimum atomic E-state index is -0.930. The van der Waals surface area contributed by atoms with Gasteiger partial charge in [-0.1, -0.05) is 30.3 Å². The van der Waals surface area contributed by atoms with Gasteiger partial charge >= 0.3 is 5.97 Å². The first-order valence-electron chi connectivity index (χ1n) is 6.15. The molecule has 1 aliphatic carbocycles. The van der Waals surface area contributed by atoms with Crippen LogP contribution in [-0.2, 0) is 16.0 Å². The second-order valence-electron chi connectivity index (χ2n) is 4.70. The van der Waals surface area contributed by atoms with Gasteiger partial charge in [-0.3, -0.25) is 4.79 Å². The Kier molecular flexibility index (Phi) is 3.65. The summed E-state index contributed by atoms with van der Waals surface area (Å²) in [5, 5.41) is 9.34. The van der Waals surface area contributed by atoms with Crippen molar-refractivity contribution in [3.8, 4) is 0 Å². The zero-order valence-corrected chi connectivity index (χ0v) is 10.4. The average molecular weight is 247 g/mol. The molecular weight excluding hydrogens is 230 g/mol. The fraction of sp³-hybridized carbons (Fsp3) is 0.429.